The summed E-state index contributed by atoms with van der Waals surface area (Å²) in [6.45, 7) is 0.320. The molecular weight excluding hydrogens is 487 g/mol. The summed E-state index contributed by atoms with van der Waals surface area (Å²) in [5, 5.41) is 13.0. The monoisotopic (exact) mass is 504 g/mol. The van der Waals surface area contributed by atoms with Crippen molar-refractivity contribution >= 4 is 40.8 Å². The highest BCUT2D eigenvalue weighted by Gasteiger charge is 2.18. The summed E-state index contributed by atoms with van der Waals surface area (Å²) in [5.74, 6) is -0.504. The highest BCUT2D eigenvalue weighted by molar-refractivity contribution is 6.35. The number of pyridine rings is 1. The summed E-state index contributed by atoms with van der Waals surface area (Å²) in [7, 11) is 0. The summed E-state index contributed by atoms with van der Waals surface area (Å²) in [4.78, 5) is 30.4. The van der Waals surface area contributed by atoms with Gasteiger partial charge in [-0.1, -0.05) is 59.6 Å². The third-order valence-electron chi connectivity index (χ3n) is 5.03. The van der Waals surface area contributed by atoms with Crippen LogP contribution in [0.3, 0.4) is 0 Å². The third-order valence-corrected chi connectivity index (χ3v) is 5.56. The fourth-order valence-electron chi connectivity index (χ4n) is 3.30. The molecule has 4 aromatic rings. The van der Waals surface area contributed by atoms with Gasteiger partial charge in [-0.25, -0.2) is 0 Å². The number of nitrogens with one attached hydrogen (secondary N) is 1. The van der Waals surface area contributed by atoms with Gasteiger partial charge in [0, 0.05) is 17.8 Å². The van der Waals surface area contributed by atoms with Crippen molar-refractivity contribution in [3.63, 3.8) is 0 Å². The number of halogens is 2. The smallest absolute Gasteiger partial charge is 0.269 e. The lowest BCUT2D eigenvalue weighted by molar-refractivity contribution is -0.117. The third kappa shape index (κ3) is 5.69. The number of rotatable bonds is 7. The predicted octanol–water partition coefficient (Wildman–Crippen LogP) is 5.06. The Labute approximate surface area is 210 Å². The van der Waals surface area contributed by atoms with E-state index in [0.29, 0.717) is 23.6 Å². The van der Waals surface area contributed by atoms with Gasteiger partial charge >= 0.3 is 0 Å². The van der Waals surface area contributed by atoms with E-state index in [1.807, 2.05) is 36.4 Å². The highest BCUT2D eigenvalue weighted by Crippen LogP contribution is 2.32. The van der Waals surface area contributed by atoms with Crippen LogP contribution in [0.1, 0.15) is 11.1 Å². The molecule has 2 aromatic heterocycles. The van der Waals surface area contributed by atoms with Crippen molar-refractivity contribution in [3.8, 4) is 17.7 Å². The van der Waals surface area contributed by atoms with Crippen molar-refractivity contribution in [2.45, 2.75) is 6.42 Å². The number of amides is 1. The van der Waals surface area contributed by atoms with Crippen LogP contribution in [0.2, 0.25) is 10.0 Å². The van der Waals surface area contributed by atoms with Crippen molar-refractivity contribution in [2.24, 2.45) is 0 Å². The number of aromatic nitrogens is 2. The van der Waals surface area contributed by atoms with Crippen LogP contribution >= 0.6 is 23.2 Å². The summed E-state index contributed by atoms with van der Waals surface area (Å²) >= 11 is 12.2. The fraction of sp³-hybridized carbons (Fsp3) is 0.0769. The molecule has 0 aliphatic rings. The van der Waals surface area contributed by atoms with E-state index in [9.17, 15) is 14.9 Å². The normalized spacial score (nSPS) is 11.2. The lowest BCUT2D eigenvalue weighted by atomic mass is 10.1. The molecule has 2 heterocycles. The number of ether oxygens (including phenoxy) is 1. The molecule has 35 heavy (non-hydrogen) atoms. The van der Waals surface area contributed by atoms with Gasteiger partial charge in [0.05, 0.1) is 5.02 Å². The van der Waals surface area contributed by atoms with E-state index in [1.165, 1.54) is 28.8 Å². The first-order valence-corrected chi connectivity index (χ1v) is 11.3. The Morgan fingerprint density at radius 1 is 1.11 bits per heavy atom. The number of nitrogens with zero attached hydrogens (tertiary/aromatic N) is 3. The number of hydrogen-bond acceptors (Lipinski definition) is 5. The maximum Gasteiger partial charge on any atom is 0.269 e. The zero-order chi connectivity index (χ0) is 24.8. The molecule has 0 bridgehead atoms. The maximum absolute atomic E-state index is 13.3. The average Bonchev–Trinajstić information content (AvgIpc) is 2.86. The minimum atomic E-state index is -0.614. The lowest BCUT2D eigenvalue weighted by Crippen LogP contribution is -2.27. The molecule has 0 spiro atoms. The number of hydrogen-bond donors (Lipinski definition) is 1. The largest absolute Gasteiger partial charge is 0.437 e. The second-order valence-corrected chi connectivity index (χ2v) is 8.25. The topological polar surface area (TPSA) is 96.5 Å². The molecule has 2 aromatic carbocycles. The molecule has 9 heteroatoms. The molecule has 0 saturated carbocycles. The highest BCUT2D eigenvalue weighted by atomic mass is 35.5. The zero-order valence-electron chi connectivity index (χ0n) is 18.2. The maximum atomic E-state index is 13.3. The molecular formula is C26H18Cl2N4O3. The Morgan fingerprint density at radius 3 is 2.63 bits per heavy atom. The summed E-state index contributed by atoms with van der Waals surface area (Å²) in [5.41, 5.74) is 0.512. The Morgan fingerprint density at radius 2 is 1.89 bits per heavy atom. The minimum absolute atomic E-state index is 0.0746. The van der Waals surface area contributed by atoms with Gasteiger partial charge in [0.25, 0.3) is 11.5 Å². The molecule has 0 atom stereocenters. The minimum Gasteiger partial charge on any atom is -0.437 e. The number of carbonyl (C=O) groups excluding carboxylic acids is 1. The predicted molar refractivity (Wildman–Crippen MR) is 135 cm³/mol. The Balaban J connectivity index is 1.69. The molecule has 0 saturated heterocycles. The van der Waals surface area contributed by atoms with Gasteiger partial charge in [-0.15, -0.1) is 0 Å². The first-order valence-electron chi connectivity index (χ1n) is 10.5. The summed E-state index contributed by atoms with van der Waals surface area (Å²) in [6.07, 6.45) is 3.30. The first kappa shape index (κ1) is 24.0. The summed E-state index contributed by atoms with van der Waals surface area (Å²) in [6, 6.07) is 21.1. The van der Waals surface area contributed by atoms with Crippen LogP contribution in [-0.4, -0.2) is 21.8 Å². The van der Waals surface area contributed by atoms with E-state index < -0.39 is 11.5 Å². The van der Waals surface area contributed by atoms with Gasteiger partial charge in [-0.05, 0) is 48.4 Å². The SMILES string of the molecule is N#C/C(=C\c1c(Oc2ccc(Cl)cc2Cl)nc2ccccn2c1=O)C(=O)NCCc1ccccc1. The zero-order valence-corrected chi connectivity index (χ0v) is 19.8. The van der Waals surface area contributed by atoms with Gasteiger partial charge in [-0.3, -0.25) is 14.0 Å². The molecule has 0 radical (unpaired) electrons. The van der Waals surface area contributed by atoms with E-state index >= 15 is 0 Å². The fourth-order valence-corrected chi connectivity index (χ4v) is 3.75. The lowest BCUT2D eigenvalue weighted by Gasteiger charge is -2.11. The molecule has 0 aliphatic carbocycles. The van der Waals surface area contributed by atoms with E-state index in [-0.39, 0.29) is 27.8 Å². The van der Waals surface area contributed by atoms with E-state index in [2.05, 4.69) is 10.3 Å². The molecule has 174 valence electrons. The standard InChI is InChI=1S/C26H18Cl2N4O3/c27-19-9-10-22(21(28)15-19)35-25-20(26(34)32-13-5-4-8-23(32)31-25)14-18(16-29)24(33)30-12-11-17-6-2-1-3-7-17/h1-10,13-15H,11-12H2,(H,30,33)/b18-14+. The molecule has 0 unspecified atom stereocenters. The molecule has 1 amide bonds. The Hall–Kier alpha value is -4.12. The number of nitriles is 1. The van der Waals surface area contributed by atoms with Gasteiger partial charge in [0.2, 0.25) is 5.88 Å². The van der Waals surface area contributed by atoms with Crippen LogP contribution in [-0.2, 0) is 11.2 Å². The van der Waals surface area contributed by atoms with E-state index in [4.69, 9.17) is 27.9 Å². The second-order valence-electron chi connectivity index (χ2n) is 7.40. The van der Waals surface area contributed by atoms with Crippen molar-refractivity contribution in [1.82, 2.24) is 14.7 Å². The number of carbonyl (C=O) groups is 1. The van der Waals surface area contributed by atoms with Crippen molar-refractivity contribution in [1.29, 1.82) is 5.26 Å². The van der Waals surface area contributed by atoms with Gasteiger partial charge in [0.15, 0.2) is 0 Å². The van der Waals surface area contributed by atoms with Crippen LogP contribution in [0, 0.1) is 11.3 Å². The number of benzene rings is 2. The molecule has 0 fully saturated rings. The Kier molecular flexibility index (Phi) is 7.46. The van der Waals surface area contributed by atoms with Crippen LogP contribution < -0.4 is 15.6 Å². The average molecular weight is 505 g/mol. The Bertz CT molecular complexity index is 1530. The number of fused-ring (bicyclic) bond motifs is 1. The van der Waals surface area contributed by atoms with Crippen LogP contribution in [0.4, 0.5) is 0 Å². The van der Waals surface area contributed by atoms with Crippen molar-refractivity contribution in [2.75, 3.05) is 6.54 Å². The molecule has 1 N–H and O–H groups in total. The van der Waals surface area contributed by atoms with Gasteiger partial charge < -0.3 is 10.1 Å². The first-order chi connectivity index (χ1) is 17.0. The second kappa shape index (κ2) is 10.9. The van der Waals surface area contributed by atoms with Gasteiger partial charge in [0.1, 0.15) is 28.6 Å². The van der Waals surface area contributed by atoms with Gasteiger partial charge in [-0.2, -0.15) is 10.2 Å². The van der Waals surface area contributed by atoms with E-state index in [0.717, 1.165) is 5.56 Å². The van der Waals surface area contributed by atoms with Crippen LogP contribution in [0.5, 0.6) is 11.6 Å². The van der Waals surface area contributed by atoms with Crippen molar-refractivity contribution < 1.29 is 9.53 Å². The molecule has 7 nitrogen and oxygen atoms in total. The quantitative estimate of drug-likeness (QED) is 0.280. The molecule has 4 rings (SSSR count). The molecule has 0 aliphatic heterocycles. The summed E-state index contributed by atoms with van der Waals surface area (Å²) < 4.78 is 7.14. The van der Waals surface area contributed by atoms with E-state index in [1.54, 1.807) is 24.3 Å². The van der Waals surface area contributed by atoms with Crippen molar-refractivity contribution in [3.05, 3.63) is 110 Å². The van der Waals surface area contributed by atoms with Crippen LogP contribution in [0.15, 0.2) is 83.3 Å². The van der Waals surface area contributed by atoms with Crippen LogP contribution in [0.25, 0.3) is 11.7 Å².